The number of nitrogens with two attached hydrogens (primary N) is 2. The topological polar surface area (TPSA) is 165 Å². The maximum Gasteiger partial charge on any atom is 0.407 e. The van der Waals surface area contributed by atoms with Gasteiger partial charge in [-0.15, -0.1) is 0 Å². The largest absolute Gasteiger partial charge is 0.495 e. The Labute approximate surface area is 273 Å². The third-order valence-electron chi connectivity index (χ3n) is 7.57. The zero-order valence-electron chi connectivity index (χ0n) is 26.7. The van der Waals surface area contributed by atoms with Crippen LogP contribution in [0.3, 0.4) is 0 Å². The molecule has 5 rings (SSSR count). The van der Waals surface area contributed by atoms with Crippen LogP contribution in [0.15, 0.2) is 78.9 Å². The highest BCUT2D eigenvalue weighted by molar-refractivity contribution is 5.84. The fourth-order valence-corrected chi connectivity index (χ4v) is 5.24. The second-order valence-electron chi connectivity index (χ2n) is 10.4. The summed E-state index contributed by atoms with van der Waals surface area (Å²) in [6.07, 6.45) is 3.12. The van der Waals surface area contributed by atoms with Crippen LogP contribution in [0.1, 0.15) is 28.2 Å². The van der Waals surface area contributed by atoms with Crippen LogP contribution >= 0.6 is 0 Å². The molecule has 0 saturated heterocycles. The Morgan fingerprint density at radius 2 is 1.34 bits per heavy atom. The normalized spacial score (nSPS) is 12.2. The lowest BCUT2D eigenvalue weighted by Gasteiger charge is -2.16. The van der Waals surface area contributed by atoms with Crippen molar-refractivity contribution in [2.45, 2.75) is 12.0 Å². The second-order valence-corrected chi connectivity index (χ2v) is 10.4. The molecule has 0 fully saturated rings. The summed E-state index contributed by atoms with van der Waals surface area (Å²) in [4.78, 5) is 22.9. The molecule has 47 heavy (non-hydrogen) atoms. The van der Waals surface area contributed by atoms with E-state index in [1.54, 1.807) is 28.4 Å². The van der Waals surface area contributed by atoms with Crippen molar-refractivity contribution in [2.24, 2.45) is 5.73 Å². The number of aliphatic hydroxyl groups is 1. The van der Waals surface area contributed by atoms with Crippen LogP contribution in [-0.2, 0) is 9.53 Å². The third kappa shape index (κ3) is 8.13. The number of anilines is 1. The molecule has 0 heterocycles. The number of carbonyl (C=O) groups excluding carboxylic acids is 2. The molecule has 1 aliphatic rings. The molecule has 0 spiro atoms. The number of hydrogen-bond donors (Lipinski definition) is 4. The predicted octanol–water partition coefficient (Wildman–Crippen LogP) is 4.84. The summed E-state index contributed by atoms with van der Waals surface area (Å²) >= 11 is 0. The van der Waals surface area contributed by atoms with Crippen LogP contribution in [-0.4, -0.2) is 64.8 Å². The smallest absolute Gasteiger partial charge is 0.407 e. The zero-order chi connectivity index (χ0) is 33.9. The maximum atomic E-state index is 11.8. The molecule has 0 radical (unpaired) electrons. The van der Waals surface area contributed by atoms with Crippen molar-refractivity contribution in [1.82, 2.24) is 5.32 Å². The zero-order valence-corrected chi connectivity index (χ0v) is 26.7. The van der Waals surface area contributed by atoms with Gasteiger partial charge in [-0.2, -0.15) is 0 Å². The number of hydrogen-bond acceptors (Lipinski definition) is 9. The number of carbonyl (C=O) groups is 2. The van der Waals surface area contributed by atoms with E-state index in [4.69, 9.17) is 40.3 Å². The first kappa shape index (κ1) is 34.2. The van der Waals surface area contributed by atoms with Gasteiger partial charge >= 0.3 is 6.09 Å². The molecular weight excluding hydrogens is 602 g/mol. The molecule has 0 unspecified atom stereocenters. The standard InChI is InChI=1S/C18H18N2O4.C18H21NO4/c19-17(22)16(9-21)20-18(23)24-10-15-13-7-3-1-5-11(13)12-6-2-4-8-14(12)15;1-20-15-8-7-12(9-14(15)19)5-6-13-10-16(21-2)18(23-4)17(11-13)22-3/h1-8,15-16,21H,9-10H2,(H2,19,22)(H,20,23);5-11H,19H2,1-4H3/b;6-5-/t16-;/m0./s1. The third-order valence-corrected chi connectivity index (χ3v) is 7.57. The summed E-state index contributed by atoms with van der Waals surface area (Å²) in [5.74, 6) is 1.58. The van der Waals surface area contributed by atoms with E-state index >= 15 is 0 Å². The molecule has 6 N–H and O–H groups in total. The van der Waals surface area contributed by atoms with E-state index in [0.29, 0.717) is 28.7 Å². The summed E-state index contributed by atoms with van der Waals surface area (Å²) in [5.41, 5.74) is 17.9. The minimum Gasteiger partial charge on any atom is -0.495 e. The number of nitrogens with one attached hydrogen (secondary N) is 1. The van der Waals surface area contributed by atoms with E-state index in [2.05, 4.69) is 5.32 Å². The molecule has 1 atom stereocenters. The van der Waals surface area contributed by atoms with Crippen molar-refractivity contribution in [3.05, 3.63) is 101 Å². The molecule has 0 aliphatic heterocycles. The molecule has 0 bridgehead atoms. The molecule has 4 aromatic rings. The van der Waals surface area contributed by atoms with Crippen molar-refractivity contribution in [3.8, 4) is 34.1 Å². The second kappa shape index (κ2) is 16.1. The predicted molar refractivity (Wildman–Crippen MR) is 181 cm³/mol. The number of fused-ring (bicyclic) bond motifs is 3. The Kier molecular flexibility index (Phi) is 11.7. The van der Waals surface area contributed by atoms with Gasteiger partial charge in [0.15, 0.2) is 11.5 Å². The molecule has 0 saturated carbocycles. The van der Waals surface area contributed by atoms with Crippen LogP contribution in [0.2, 0.25) is 0 Å². The minimum atomic E-state index is -1.15. The van der Waals surface area contributed by atoms with Crippen molar-refractivity contribution < 1.29 is 38.4 Å². The van der Waals surface area contributed by atoms with Gasteiger partial charge in [0.1, 0.15) is 18.4 Å². The van der Waals surface area contributed by atoms with Gasteiger partial charge < -0.3 is 45.6 Å². The monoisotopic (exact) mass is 641 g/mol. The fraction of sp³-hybridized carbons (Fsp3) is 0.222. The minimum absolute atomic E-state index is 0.0655. The van der Waals surface area contributed by atoms with Crippen LogP contribution < -0.4 is 35.7 Å². The summed E-state index contributed by atoms with van der Waals surface area (Å²) in [6, 6.07) is 24.2. The first-order valence-electron chi connectivity index (χ1n) is 14.7. The number of amides is 2. The number of primary amides is 1. The van der Waals surface area contributed by atoms with Crippen LogP contribution in [0.4, 0.5) is 10.5 Å². The number of nitrogen functional groups attached to an aromatic ring is 1. The van der Waals surface area contributed by atoms with E-state index in [-0.39, 0.29) is 12.5 Å². The summed E-state index contributed by atoms with van der Waals surface area (Å²) in [6.45, 7) is -0.434. The summed E-state index contributed by atoms with van der Waals surface area (Å²) < 4.78 is 26.4. The van der Waals surface area contributed by atoms with E-state index in [1.807, 2.05) is 91.0 Å². The average molecular weight is 642 g/mol. The van der Waals surface area contributed by atoms with E-state index < -0.39 is 24.6 Å². The first-order valence-corrected chi connectivity index (χ1v) is 14.7. The number of aliphatic hydroxyl groups excluding tert-OH is 1. The lowest BCUT2D eigenvalue weighted by molar-refractivity contribution is -0.120. The van der Waals surface area contributed by atoms with Crippen molar-refractivity contribution in [3.63, 3.8) is 0 Å². The van der Waals surface area contributed by atoms with E-state index in [9.17, 15) is 9.59 Å². The highest BCUT2D eigenvalue weighted by atomic mass is 16.5. The van der Waals surface area contributed by atoms with Crippen LogP contribution in [0.5, 0.6) is 23.0 Å². The van der Waals surface area contributed by atoms with E-state index in [0.717, 1.165) is 33.4 Å². The van der Waals surface area contributed by atoms with Crippen molar-refractivity contribution in [1.29, 1.82) is 0 Å². The van der Waals surface area contributed by atoms with Crippen molar-refractivity contribution >= 4 is 29.8 Å². The van der Waals surface area contributed by atoms with Gasteiger partial charge in [-0.25, -0.2) is 4.79 Å². The average Bonchev–Trinajstić information content (AvgIpc) is 3.41. The fourth-order valence-electron chi connectivity index (χ4n) is 5.24. The Bertz CT molecular complexity index is 1670. The quantitative estimate of drug-likeness (QED) is 0.132. The lowest BCUT2D eigenvalue weighted by Crippen LogP contribution is -2.47. The molecule has 1 aliphatic carbocycles. The highest BCUT2D eigenvalue weighted by Gasteiger charge is 2.29. The maximum absolute atomic E-state index is 11.8. The summed E-state index contributed by atoms with van der Waals surface area (Å²) in [5, 5.41) is 11.3. The van der Waals surface area contributed by atoms with Gasteiger partial charge in [0.25, 0.3) is 0 Å². The lowest BCUT2D eigenvalue weighted by atomic mass is 9.98. The SMILES string of the molecule is COc1ccc(/C=C\c2cc(OC)c(OC)c(OC)c2)cc1N.NC(=O)[C@H](CO)NC(=O)OCC1c2ccccc2-c2ccccc21. The van der Waals surface area contributed by atoms with Gasteiger partial charge in [0.2, 0.25) is 11.7 Å². The Hall–Kier alpha value is -5.68. The first-order chi connectivity index (χ1) is 22.7. The van der Waals surface area contributed by atoms with Gasteiger partial charge in [0.05, 0.1) is 40.7 Å². The van der Waals surface area contributed by atoms with Gasteiger partial charge in [-0.05, 0) is 57.6 Å². The highest BCUT2D eigenvalue weighted by Crippen LogP contribution is 2.44. The van der Waals surface area contributed by atoms with Gasteiger partial charge in [-0.3, -0.25) is 4.79 Å². The van der Waals surface area contributed by atoms with Crippen molar-refractivity contribution in [2.75, 3.05) is 47.4 Å². The Morgan fingerprint density at radius 3 is 1.83 bits per heavy atom. The Balaban J connectivity index is 0.000000213. The molecular formula is C36H39N3O8. The molecule has 4 aromatic carbocycles. The molecule has 11 nitrogen and oxygen atoms in total. The molecule has 11 heteroatoms. The molecule has 0 aromatic heterocycles. The number of methoxy groups -OCH3 is 4. The number of alkyl carbamates (subject to hydrolysis) is 1. The van der Waals surface area contributed by atoms with E-state index in [1.165, 1.54) is 0 Å². The molecule has 246 valence electrons. The number of rotatable bonds is 11. The molecule has 2 amide bonds. The van der Waals surface area contributed by atoms with Crippen LogP contribution in [0, 0.1) is 0 Å². The summed E-state index contributed by atoms with van der Waals surface area (Å²) in [7, 11) is 6.36. The number of benzene rings is 4. The van der Waals surface area contributed by atoms with Gasteiger partial charge in [0, 0.05) is 5.92 Å². The van der Waals surface area contributed by atoms with Gasteiger partial charge in [-0.1, -0.05) is 66.7 Å². The van der Waals surface area contributed by atoms with Crippen LogP contribution in [0.25, 0.3) is 23.3 Å². The Morgan fingerprint density at radius 1 is 0.787 bits per heavy atom. The number of ether oxygens (including phenoxy) is 5.